The maximum atomic E-state index is 10.5. The van der Waals surface area contributed by atoms with Crippen LogP contribution >= 0.6 is 0 Å². The van der Waals surface area contributed by atoms with Gasteiger partial charge in [0.15, 0.2) is 5.69 Å². The third kappa shape index (κ3) is 3.05. The second-order valence-corrected chi connectivity index (χ2v) is 3.74. The summed E-state index contributed by atoms with van der Waals surface area (Å²) in [5, 5.41) is 11.7. The molecular weight excluding hydrogens is 206 g/mol. The van der Waals surface area contributed by atoms with Crippen molar-refractivity contribution in [3.8, 4) is 0 Å². The third-order valence-electron chi connectivity index (χ3n) is 2.30. The highest BCUT2D eigenvalue weighted by atomic mass is 16.4. The Bertz CT molecular complexity index is 396. The van der Waals surface area contributed by atoms with Gasteiger partial charge in [-0.05, 0) is 18.8 Å². The van der Waals surface area contributed by atoms with Crippen LogP contribution in [-0.4, -0.2) is 27.6 Å². The topological polar surface area (TPSA) is 75.1 Å². The molecule has 5 heteroatoms. The molecule has 2 rings (SSSR count). The maximum absolute atomic E-state index is 10.5. The van der Waals surface area contributed by atoms with Gasteiger partial charge in [0.2, 0.25) is 0 Å². The molecule has 1 aromatic heterocycles. The van der Waals surface area contributed by atoms with E-state index in [0.717, 1.165) is 5.92 Å². The monoisotopic (exact) mass is 219 g/mol. The minimum atomic E-state index is -1.06. The van der Waals surface area contributed by atoms with E-state index >= 15 is 0 Å². The number of nitrogens with one attached hydrogen (secondary N) is 1. The van der Waals surface area contributed by atoms with Crippen molar-refractivity contribution in [3.05, 3.63) is 30.2 Å². The Balaban J connectivity index is 1.82. The van der Waals surface area contributed by atoms with Gasteiger partial charge in [0.05, 0.1) is 12.4 Å². The number of hydrogen-bond acceptors (Lipinski definition) is 4. The van der Waals surface area contributed by atoms with Crippen molar-refractivity contribution in [1.82, 2.24) is 9.97 Å². The van der Waals surface area contributed by atoms with Crippen LogP contribution in [0, 0.1) is 5.92 Å². The van der Waals surface area contributed by atoms with Crippen LogP contribution in [0.25, 0.3) is 0 Å². The summed E-state index contributed by atoms with van der Waals surface area (Å²) in [4.78, 5) is 18.2. The largest absolute Gasteiger partial charge is 0.476 e. The molecule has 0 aliphatic heterocycles. The van der Waals surface area contributed by atoms with Crippen LogP contribution in [-0.2, 0) is 0 Å². The Morgan fingerprint density at radius 3 is 2.88 bits per heavy atom. The lowest BCUT2D eigenvalue weighted by Gasteiger charge is -2.01. The fourth-order valence-corrected chi connectivity index (χ4v) is 1.24. The van der Waals surface area contributed by atoms with Gasteiger partial charge in [-0.1, -0.05) is 12.2 Å². The molecule has 1 aromatic rings. The molecule has 1 fully saturated rings. The van der Waals surface area contributed by atoms with Crippen LogP contribution in [0.2, 0.25) is 0 Å². The molecular formula is C11H13N3O2. The molecule has 5 nitrogen and oxygen atoms in total. The molecule has 84 valence electrons. The zero-order chi connectivity index (χ0) is 11.4. The summed E-state index contributed by atoms with van der Waals surface area (Å²) in [6.45, 7) is 0.692. The molecule has 1 heterocycles. The second-order valence-electron chi connectivity index (χ2n) is 3.74. The Morgan fingerprint density at radius 1 is 1.50 bits per heavy atom. The van der Waals surface area contributed by atoms with Crippen molar-refractivity contribution in [1.29, 1.82) is 0 Å². The van der Waals surface area contributed by atoms with E-state index < -0.39 is 5.97 Å². The second kappa shape index (κ2) is 4.74. The predicted molar refractivity (Wildman–Crippen MR) is 59.3 cm³/mol. The number of hydrogen-bond donors (Lipinski definition) is 2. The lowest BCUT2D eigenvalue weighted by Crippen LogP contribution is -2.05. The molecule has 0 unspecified atom stereocenters. The highest BCUT2D eigenvalue weighted by Gasteiger charge is 2.16. The van der Waals surface area contributed by atoms with Gasteiger partial charge in [-0.3, -0.25) is 0 Å². The minimum absolute atomic E-state index is 0.0425. The number of rotatable bonds is 5. The van der Waals surface area contributed by atoms with Crippen molar-refractivity contribution < 1.29 is 9.90 Å². The molecule has 0 bridgehead atoms. The van der Waals surface area contributed by atoms with Crippen LogP contribution < -0.4 is 5.32 Å². The first-order valence-electron chi connectivity index (χ1n) is 5.21. The van der Waals surface area contributed by atoms with Crippen molar-refractivity contribution in [2.24, 2.45) is 5.92 Å². The first kappa shape index (κ1) is 10.6. The average molecular weight is 219 g/mol. The predicted octanol–water partition coefficient (Wildman–Crippen LogP) is 1.55. The van der Waals surface area contributed by atoms with Crippen LogP contribution in [0.15, 0.2) is 24.5 Å². The van der Waals surface area contributed by atoms with E-state index in [2.05, 4.69) is 27.4 Å². The van der Waals surface area contributed by atoms with Gasteiger partial charge in [-0.25, -0.2) is 14.8 Å². The number of anilines is 1. The van der Waals surface area contributed by atoms with Crippen LogP contribution in [0.5, 0.6) is 0 Å². The van der Waals surface area contributed by atoms with Crippen molar-refractivity contribution >= 4 is 11.8 Å². The number of aromatic carboxylic acids is 1. The number of nitrogens with zero attached hydrogens (tertiary/aromatic N) is 2. The molecule has 0 radical (unpaired) electrons. The summed E-state index contributed by atoms with van der Waals surface area (Å²) >= 11 is 0. The SMILES string of the molecule is O=C(O)c1cnc(NC/C=C/C2CC2)cn1. The van der Waals surface area contributed by atoms with E-state index in [0.29, 0.717) is 12.4 Å². The molecule has 16 heavy (non-hydrogen) atoms. The fourth-order valence-electron chi connectivity index (χ4n) is 1.24. The number of carboxylic acid groups (broad SMARTS) is 1. The summed E-state index contributed by atoms with van der Waals surface area (Å²) in [6.07, 6.45) is 9.51. The summed E-state index contributed by atoms with van der Waals surface area (Å²) in [5.41, 5.74) is -0.0425. The molecule has 1 aliphatic rings. The van der Waals surface area contributed by atoms with Crippen molar-refractivity contribution in [2.75, 3.05) is 11.9 Å². The highest BCUT2D eigenvalue weighted by molar-refractivity contribution is 5.84. The van der Waals surface area contributed by atoms with E-state index in [4.69, 9.17) is 5.11 Å². The van der Waals surface area contributed by atoms with E-state index in [9.17, 15) is 4.79 Å². The molecule has 2 N–H and O–H groups in total. The van der Waals surface area contributed by atoms with Gasteiger partial charge in [-0.15, -0.1) is 0 Å². The van der Waals surface area contributed by atoms with Gasteiger partial charge < -0.3 is 10.4 Å². The number of aromatic nitrogens is 2. The Kier molecular flexibility index (Phi) is 3.14. The summed E-state index contributed by atoms with van der Waals surface area (Å²) < 4.78 is 0. The Hall–Kier alpha value is -1.91. The van der Waals surface area contributed by atoms with Gasteiger partial charge in [0.1, 0.15) is 5.82 Å². The number of allylic oxidation sites excluding steroid dienone is 1. The van der Waals surface area contributed by atoms with E-state index in [1.165, 1.54) is 25.2 Å². The van der Waals surface area contributed by atoms with Gasteiger partial charge >= 0.3 is 5.97 Å². The molecule has 0 atom stereocenters. The normalized spacial score (nSPS) is 15.2. The zero-order valence-corrected chi connectivity index (χ0v) is 8.76. The first-order valence-corrected chi connectivity index (χ1v) is 5.21. The summed E-state index contributed by atoms with van der Waals surface area (Å²) in [6, 6.07) is 0. The summed E-state index contributed by atoms with van der Waals surface area (Å²) in [7, 11) is 0. The molecule has 0 saturated heterocycles. The molecule has 1 saturated carbocycles. The minimum Gasteiger partial charge on any atom is -0.476 e. The standard InChI is InChI=1S/C11H13N3O2/c15-11(16)9-6-14-10(7-13-9)12-5-1-2-8-3-4-8/h1-2,6-8H,3-5H2,(H,12,14)(H,15,16)/b2-1+. The zero-order valence-electron chi connectivity index (χ0n) is 8.76. The van der Waals surface area contributed by atoms with E-state index in [-0.39, 0.29) is 5.69 Å². The lowest BCUT2D eigenvalue weighted by atomic mass is 10.3. The quantitative estimate of drug-likeness (QED) is 0.735. The van der Waals surface area contributed by atoms with E-state index in [1.54, 1.807) is 0 Å². The molecule has 1 aliphatic carbocycles. The van der Waals surface area contributed by atoms with Crippen LogP contribution in [0.1, 0.15) is 23.3 Å². The van der Waals surface area contributed by atoms with Gasteiger partial charge in [-0.2, -0.15) is 0 Å². The van der Waals surface area contributed by atoms with Gasteiger partial charge in [0, 0.05) is 6.54 Å². The Morgan fingerprint density at radius 2 is 2.31 bits per heavy atom. The highest BCUT2D eigenvalue weighted by Crippen LogP contribution is 2.29. The van der Waals surface area contributed by atoms with Gasteiger partial charge in [0.25, 0.3) is 0 Å². The molecule has 0 aromatic carbocycles. The third-order valence-corrected chi connectivity index (χ3v) is 2.30. The Labute approximate surface area is 93.2 Å². The van der Waals surface area contributed by atoms with Crippen molar-refractivity contribution in [2.45, 2.75) is 12.8 Å². The number of carboxylic acids is 1. The average Bonchev–Trinajstić information content (AvgIpc) is 3.09. The molecule has 0 amide bonds. The smallest absolute Gasteiger partial charge is 0.356 e. The number of carbonyl (C=O) groups is 1. The first-order chi connectivity index (χ1) is 7.75. The van der Waals surface area contributed by atoms with E-state index in [1.807, 2.05) is 0 Å². The van der Waals surface area contributed by atoms with Crippen LogP contribution in [0.3, 0.4) is 0 Å². The maximum Gasteiger partial charge on any atom is 0.356 e. The fraction of sp³-hybridized carbons (Fsp3) is 0.364. The lowest BCUT2D eigenvalue weighted by molar-refractivity contribution is 0.0690. The van der Waals surface area contributed by atoms with Crippen molar-refractivity contribution in [3.63, 3.8) is 0 Å². The molecule has 0 spiro atoms. The summed E-state index contributed by atoms with van der Waals surface area (Å²) in [5.74, 6) is 0.292. The van der Waals surface area contributed by atoms with Crippen LogP contribution in [0.4, 0.5) is 5.82 Å².